The number of nitrogens with zero attached hydrogens (tertiary/aromatic N) is 2. The van der Waals surface area contributed by atoms with E-state index in [0.29, 0.717) is 17.3 Å². The van der Waals surface area contributed by atoms with E-state index < -0.39 is 0 Å². The molecule has 0 fully saturated rings. The lowest BCUT2D eigenvalue weighted by atomic mass is 10.1. The standard InChI is InChI=1S/C21H22N4O3/c1-13-6-5-7-16(14(13)2)25-21(26)17-11-23-20(12-22-17)24-15-8-9-18(27-3)19(10-15)28-4/h5-12H,1-4H3,(H,23,24)(H,25,26). The van der Waals surface area contributed by atoms with E-state index in [9.17, 15) is 4.79 Å². The second-order valence-corrected chi connectivity index (χ2v) is 6.18. The van der Waals surface area contributed by atoms with Crippen LogP contribution in [0.2, 0.25) is 0 Å². The first kappa shape index (κ1) is 19.2. The number of rotatable bonds is 6. The Balaban J connectivity index is 1.71. The van der Waals surface area contributed by atoms with E-state index in [4.69, 9.17) is 9.47 Å². The lowest BCUT2D eigenvalue weighted by Gasteiger charge is -2.11. The van der Waals surface area contributed by atoms with Gasteiger partial charge >= 0.3 is 0 Å². The van der Waals surface area contributed by atoms with E-state index in [1.807, 2.05) is 38.1 Å². The molecule has 3 aromatic rings. The molecule has 0 aliphatic carbocycles. The molecule has 0 saturated heterocycles. The number of aryl methyl sites for hydroxylation is 1. The first-order chi connectivity index (χ1) is 13.5. The fraction of sp³-hybridized carbons (Fsp3) is 0.190. The molecule has 0 bridgehead atoms. The summed E-state index contributed by atoms with van der Waals surface area (Å²) in [5, 5.41) is 5.99. The average Bonchev–Trinajstić information content (AvgIpc) is 2.71. The molecule has 1 amide bonds. The highest BCUT2D eigenvalue weighted by Gasteiger charge is 2.11. The summed E-state index contributed by atoms with van der Waals surface area (Å²) in [4.78, 5) is 20.9. The van der Waals surface area contributed by atoms with E-state index in [2.05, 4.69) is 20.6 Å². The van der Waals surface area contributed by atoms with Crippen LogP contribution in [0.3, 0.4) is 0 Å². The summed E-state index contributed by atoms with van der Waals surface area (Å²) < 4.78 is 10.5. The van der Waals surface area contributed by atoms with Crippen LogP contribution in [0, 0.1) is 13.8 Å². The molecule has 1 aromatic heterocycles. The van der Waals surface area contributed by atoms with Crippen LogP contribution >= 0.6 is 0 Å². The monoisotopic (exact) mass is 378 g/mol. The number of anilines is 3. The number of hydrogen-bond donors (Lipinski definition) is 2. The zero-order valence-corrected chi connectivity index (χ0v) is 16.2. The molecule has 144 valence electrons. The van der Waals surface area contributed by atoms with Gasteiger partial charge in [-0.15, -0.1) is 0 Å². The van der Waals surface area contributed by atoms with Crippen molar-refractivity contribution < 1.29 is 14.3 Å². The van der Waals surface area contributed by atoms with Gasteiger partial charge in [0.15, 0.2) is 11.5 Å². The van der Waals surface area contributed by atoms with Crippen LogP contribution in [0.5, 0.6) is 11.5 Å². The second kappa shape index (κ2) is 8.39. The molecule has 0 spiro atoms. The van der Waals surface area contributed by atoms with Crippen molar-refractivity contribution in [1.29, 1.82) is 0 Å². The van der Waals surface area contributed by atoms with Crippen molar-refractivity contribution in [3.8, 4) is 11.5 Å². The van der Waals surface area contributed by atoms with Crippen LogP contribution in [-0.2, 0) is 0 Å². The Kier molecular flexibility index (Phi) is 5.74. The maximum absolute atomic E-state index is 12.4. The van der Waals surface area contributed by atoms with Crippen molar-refractivity contribution in [1.82, 2.24) is 9.97 Å². The summed E-state index contributed by atoms with van der Waals surface area (Å²) in [7, 11) is 3.16. The van der Waals surface area contributed by atoms with Gasteiger partial charge in [-0.3, -0.25) is 4.79 Å². The highest BCUT2D eigenvalue weighted by molar-refractivity contribution is 6.03. The third kappa shape index (κ3) is 4.20. The number of benzene rings is 2. The Morgan fingerprint density at radius 3 is 2.43 bits per heavy atom. The van der Waals surface area contributed by atoms with E-state index in [-0.39, 0.29) is 11.6 Å². The molecule has 7 nitrogen and oxygen atoms in total. The number of amides is 1. The highest BCUT2D eigenvalue weighted by Crippen LogP contribution is 2.30. The Labute approximate surface area is 163 Å². The van der Waals surface area contributed by atoms with E-state index in [1.54, 1.807) is 26.4 Å². The zero-order chi connectivity index (χ0) is 20.1. The molecule has 0 atom stereocenters. The van der Waals surface area contributed by atoms with Gasteiger partial charge < -0.3 is 20.1 Å². The van der Waals surface area contributed by atoms with Crippen molar-refractivity contribution >= 4 is 23.1 Å². The maximum atomic E-state index is 12.4. The molecule has 2 N–H and O–H groups in total. The van der Waals surface area contributed by atoms with Crippen LogP contribution in [-0.4, -0.2) is 30.1 Å². The number of ether oxygens (including phenoxy) is 2. The van der Waals surface area contributed by atoms with E-state index in [1.165, 1.54) is 12.4 Å². The van der Waals surface area contributed by atoms with Crippen molar-refractivity contribution in [2.45, 2.75) is 13.8 Å². The maximum Gasteiger partial charge on any atom is 0.275 e. The van der Waals surface area contributed by atoms with Gasteiger partial charge in [-0.25, -0.2) is 9.97 Å². The third-order valence-electron chi connectivity index (χ3n) is 4.39. The number of carbonyl (C=O) groups excluding carboxylic acids is 1. The quantitative estimate of drug-likeness (QED) is 0.671. The molecule has 3 rings (SSSR count). The Morgan fingerprint density at radius 1 is 0.964 bits per heavy atom. The molecule has 1 heterocycles. The van der Waals surface area contributed by atoms with Gasteiger partial charge in [0.25, 0.3) is 5.91 Å². The minimum absolute atomic E-state index is 0.235. The molecule has 0 aliphatic rings. The minimum Gasteiger partial charge on any atom is -0.493 e. The molecule has 0 saturated carbocycles. The fourth-order valence-electron chi connectivity index (χ4n) is 2.64. The van der Waals surface area contributed by atoms with E-state index >= 15 is 0 Å². The van der Waals surface area contributed by atoms with Gasteiger partial charge in [0, 0.05) is 17.4 Å². The topological polar surface area (TPSA) is 85.4 Å². The number of aromatic nitrogens is 2. The van der Waals surface area contributed by atoms with Crippen LogP contribution in [0.25, 0.3) is 0 Å². The van der Waals surface area contributed by atoms with Gasteiger partial charge in [-0.2, -0.15) is 0 Å². The first-order valence-corrected chi connectivity index (χ1v) is 8.70. The Bertz CT molecular complexity index is 987. The van der Waals surface area contributed by atoms with Crippen LogP contribution in [0.4, 0.5) is 17.2 Å². The summed E-state index contributed by atoms with van der Waals surface area (Å²) >= 11 is 0. The molecule has 28 heavy (non-hydrogen) atoms. The molecular weight excluding hydrogens is 356 g/mol. The minimum atomic E-state index is -0.307. The molecule has 0 radical (unpaired) electrons. The molecule has 7 heteroatoms. The first-order valence-electron chi connectivity index (χ1n) is 8.70. The summed E-state index contributed by atoms with van der Waals surface area (Å²) in [6.07, 6.45) is 2.94. The number of hydrogen-bond acceptors (Lipinski definition) is 6. The second-order valence-electron chi connectivity index (χ2n) is 6.18. The average molecular weight is 378 g/mol. The van der Waals surface area contributed by atoms with E-state index in [0.717, 1.165) is 22.5 Å². The summed E-state index contributed by atoms with van der Waals surface area (Å²) in [6.45, 7) is 3.96. The lowest BCUT2D eigenvalue weighted by molar-refractivity contribution is 0.102. The van der Waals surface area contributed by atoms with Gasteiger partial charge in [0.2, 0.25) is 0 Å². The smallest absolute Gasteiger partial charge is 0.275 e. The Morgan fingerprint density at radius 2 is 1.75 bits per heavy atom. The van der Waals surface area contributed by atoms with Gasteiger partial charge in [0.05, 0.1) is 26.6 Å². The highest BCUT2D eigenvalue weighted by atomic mass is 16.5. The number of methoxy groups -OCH3 is 2. The van der Waals surface area contributed by atoms with Crippen molar-refractivity contribution in [3.63, 3.8) is 0 Å². The van der Waals surface area contributed by atoms with Gasteiger partial charge in [0.1, 0.15) is 11.5 Å². The van der Waals surface area contributed by atoms with Crippen molar-refractivity contribution in [2.24, 2.45) is 0 Å². The molecule has 2 aromatic carbocycles. The Hall–Kier alpha value is -3.61. The number of carbonyl (C=O) groups is 1. The summed E-state index contributed by atoms with van der Waals surface area (Å²) in [5.41, 5.74) is 3.89. The zero-order valence-electron chi connectivity index (χ0n) is 16.2. The number of nitrogens with one attached hydrogen (secondary N) is 2. The molecule has 0 unspecified atom stereocenters. The van der Waals surface area contributed by atoms with Gasteiger partial charge in [-0.05, 0) is 43.2 Å². The summed E-state index contributed by atoms with van der Waals surface area (Å²) in [6, 6.07) is 11.2. The predicted molar refractivity (Wildman–Crippen MR) is 109 cm³/mol. The normalized spacial score (nSPS) is 10.3. The largest absolute Gasteiger partial charge is 0.493 e. The SMILES string of the molecule is COc1ccc(Nc2cnc(C(=O)Nc3cccc(C)c3C)cn2)cc1OC. The summed E-state index contributed by atoms with van der Waals surface area (Å²) in [5.74, 6) is 1.44. The lowest BCUT2D eigenvalue weighted by Crippen LogP contribution is -2.15. The van der Waals surface area contributed by atoms with Crippen LogP contribution in [0.1, 0.15) is 21.6 Å². The van der Waals surface area contributed by atoms with Gasteiger partial charge in [-0.1, -0.05) is 12.1 Å². The predicted octanol–water partition coefficient (Wildman–Crippen LogP) is 4.11. The fourth-order valence-corrected chi connectivity index (χ4v) is 2.64. The van der Waals surface area contributed by atoms with Crippen molar-refractivity contribution in [2.75, 3.05) is 24.9 Å². The molecule has 0 aliphatic heterocycles. The van der Waals surface area contributed by atoms with Crippen LogP contribution < -0.4 is 20.1 Å². The third-order valence-corrected chi connectivity index (χ3v) is 4.39. The van der Waals surface area contributed by atoms with Crippen molar-refractivity contribution in [3.05, 3.63) is 65.6 Å². The molecular formula is C21H22N4O3. The van der Waals surface area contributed by atoms with Crippen LogP contribution in [0.15, 0.2) is 48.8 Å².